The number of hydrogen-bond donors (Lipinski definition) is 2. The summed E-state index contributed by atoms with van der Waals surface area (Å²) in [6.45, 7) is 5.80. The fourth-order valence-electron chi connectivity index (χ4n) is 3.07. The van der Waals surface area contributed by atoms with Gasteiger partial charge >= 0.3 is 0 Å². The number of fused-ring (bicyclic) bond motifs is 1. The smallest absolute Gasteiger partial charge is 0.247 e. The van der Waals surface area contributed by atoms with Crippen LogP contribution in [0, 0.1) is 17.8 Å². The van der Waals surface area contributed by atoms with Crippen LogP contribution in [-0.2, 0) is 10.0 Å². The molecule has 1 aliphatic heterocycles. The third-order valence-electron chi connectivity index (χ3n) is 4.64. The van der Waals surface area contributed by atoms with Crippen molar-refractivity contribution >= 4 is 10.0 Å². The summed E-state index contributed by atoms with van der Waals surface area (Å²) in [7, 11) is 0.0217. The zero-order valence-corrected chi connectivity index (χ0v) is 17.9. The third-order valence-corrected chi connectivity index (χ3v) is 6.66. The van der Waals surface area contributed by atoms with Gasteiger partial charge in [-0.3, -0.25) is 0 Å². The average Bonchev–Trinajstić information content (AvgIpc) is 2.61. The lowest BCUT2D eigenvalue weighted by atomic mass is 10.0. The monoisotopic (exact) mass is 410 g/mol. The van der Waals surface area contributed by atoms with Crippen LogP contribution in [0.15, 0.2) is 23.1 Å². The predicted molar refractivity (Wildman–Crippen MR) is 108 cm³/mol. The molecule has 8 heteroatoms. The molecule has 156 valence electrons. The Kier molecular flexibility index (Phi) is 7.48. The van der Waals surface area contributed by atoms with Gasteiger partial charge in [0.1, 0.15) is 22.9 Å². The van der Waals surface area contributed by atoms with Crippen molar-refractivity contribution in [2.24, 2.45) is 5.92 Å². The van der Waals surface area contributed by atoms with Crippen LogP contribution >= 0.6 is 0 Å². The number of likely N-dealkylation sites (N-methyl/N-ethyl adjacent to an activating group) is 1. The first-order valence-corrected chi connectivity index (χ1v) is 10.8. The van der Waals surface area contributed by atoms with Crippen molar-refractivity contribution < 1.29 is 23.4 Å². The summed E-state index contributed by atoms with van der Waals surface area (Å²) >= 11 is 0. The van der Waals surface area contributed by atoms with E-state index in [1.165, 1.54) is 10.4 Å². The molecule has 0 saturated carbocycles. The van der Waals surface area contributed by atoms with Gasteiger partial charge in [0.25, 0.3) is 0 Å². The minimum absolute atomic E-state index is 0.0612. The zero-order chi connectivity index (χ0) is 21.1. The fraction of sp³-hybridized carbons (Fsp3) is 0.600. The van der Waals surface area contributed by atoms with Gasteiger partial charge in [0.15, 0.2) is 0 Å². The molecule has 0 spiro atoms. The first-order chi connectivity index (χ1) is 13.1. The minimum atomic E-state index is -3.85. The summed E-state index contributed by atoms with van der Waals surface area (Å²) in [5.41, 5.74) is 0.563. The lowest BCUT2D eigenvalue weighted by Crippen LogP contribution is -2.49. The summed E-state index contributed by atoms with van der Waals surface area (Å²) in [5, 5.41) is 19.0. The van der Waals surface area contributed by atoms with Crippen LogP contribution < -0.4 is 4.74 Å². The highest BCUT2D eigenvalue weighted by atomic mass is 32.2. The molecule has 1 heterocycles. The summed E-state index contributed by atoms with van der Waals surface area (Å²) in [5.74, 6) is 5.64. The number of rotatable bonds is 4. The Bertz CT molecular complexity index is 842. The molecule has 0 fully saturated rings. The van der Waals surface area contributed by atoms with Gasteiger partial charge in [0.2, 0.25) is 10.0 Å². The maximum absolute atomic E-state index is 13.3. The van der Waals surface area contributed by atoms with Crippen molar-refractivity contribution in [3.8, 4) is 17.6 Å². The van der Waals surface area contributed by atoms with E-state index in [0.29, 0.717) is 12.1 Å². The van der Waals surface area contributed by atoms with E-state index in [4.69, 9.17) is 4.74 Å². The average molecular weight is 411 g/mol. The van der Waals surface area contributed by atoms with E-state index in [1.807, 2.05) is 25.9 Å². The highest BCUT2D eigenvalue weighted by Crippen LogP contribution is 2.34. The van der Waals surface area contributed by atoms with Gasteiger partial charge in [0.05, 0.1) is 6.61 Å². The normalized spacial score (nSPS) is 24.1. The lowest BCUT2D eigenvalue weighted by molar-refractivity contribution is 0.0812. The number of sulfonamides is 1. The van der Waals surface area contributed by atoms with Crippen molar-refractivity contribution in [2.75, 3.05) is 33.8 Å². The number of nitrogens with zero attached hydrogens (tertiary/aromatic N) is 2. The fourth-order valence-corrected chi connectivity index (χ4v) is 4.89. The van der Waals surface area contributed by atoms with Crippen molar-refractivity contribution in [1.29, 1.82) is 0 Å². The zero-order valence-electron chi connectivity index (χ0n) is 17.1. The largest absolute Gasteiger partial charge is 0.487 e. The number of benzene rings is 1. The molecule has 1 aromatic rings. The number of ether oxygens (including phenoxy) is 1. The van der Waals surface area contributed by atoms with Gasteiger partial charge in [-0.25, -0.2) is 8.42 Å². The van der Waals surface area contributed by atoms with Gasteiger partial charge < -0.3 is 19.8 Å². The number of aliphatic hydroxyl groups excluding tert-OH is 2. The number of aliphatic hydroxyl groups is 2. The highest BCUT2D eigenvalue weighted by Gasteiger charge is 2.37. The van der Waals surface area contributed by atoms with E-state index < -0.39 is 22.2 Å². The van der Waals surface area contributed by atoms with Crippen molar-refractivity contribution in [2.45, 2.75) is 43.9 Å². The summed E-state index contributed by atoms with van der Waals surface area (Å²) in [6, 6.07) is 4.14. The van der Waals surface area contributed by atoms with Crippen molar-refractivity contribution in [1.82, 2.24) is 9.21 Å². The summed E-state index contributed by atoms with van der Waals surface area (Å²) in [4.78, 5) is 2.06. The molecule has 4 atom stereocenters. The molecule has 0 aliphatic carbocycles. The van der Waals surface area contributed by atoms with Gasteiger partial charge in [-0.15, -0.1) is 0 Å². The van der Waals surface area contributed by atoms with Crippen LogP contribution in [0.25, 0.3) is 0 Å². The first-order valence-electron chi connectivity index (χ1n) is 9.34. The second kappa shape index (κ2) is 9.25. The number of hydrogen-bond acceptors (Lipinski definition) is 6. The van der Waals surface area contributed by atoms with E-state index in [1.54, 1.807) is 26.0 Å². The van der Waals surface area contributed by atoms with E-state index in [9.17, 15) is 18.6 Å². The second-order valence-electron chi connectivity index (χ2n) is 7.61. The van der Waals surface area contributed by atoms with Crippen LogP contribution in [0.1, 0.15) is 26.3 Å². The molecular weight excluding hydrogens is 380 g/mol. The van der Waals surface area contributed by atoms with E-state index in [0.717, 1.165) is 0 Å². The quantitative estimate of drug-likeness (QED) is 0.712. The maximum atomic E-state index is 13.3. The topological polar surface area (TPSA) is 90.3 Å². The Morgan fingerprint density at radius 3 is 2.61 bits per heavy atom. The molecule has 0 amide bonds. The molecule has 0 bridgehead atoms. The highest BCUT2D eigenvalue weighted by molar-refractivity contribution is 7.89. The molecule has 0 saturated heterocycles. The van der Waals surface area contributed by atoms with Crippen LogP contribution in [0.3, 0.4) is 0 Å². The molecule has 0 radical (unpaired) electrons. The van der Waals surface area contributed by atoms with E-state index in [2.05, 4.69) is 11.8 Å². The Labute approximate surface area is 168 Å². The third kappa shape index (κ3) is 5.25. The van der Waals surface area contributed by atoms with Crippen molar-refractivity contribution in [3.05, 3.63) is 23.8 Å². The summed E-state index contributed by atoms with van der Waals surface area (Å²) < 4.78 is 34.1. The van der Waals surface area contributed by atoms with Gasteiger partial charge in [-0.1, -0.05) is 18.8 Å². The summed E-state index contributed by atoms with van der Waals surface area (Å²) in [6.07, 6.45) is -1.02. The second-order valence-corrected chi connectivity index (χ2v) is 9.47. The predicted octanol–water partition coefficient (Wildman–Crippen LogP) is 0.749. The minimum Gasteiger partial charge on any atom is -0.487 e. The van der Waals surface area contributed by atoms with Gasteiger partial charge in [0, 0.05) is 30.6 Å². The molecule has 0 unspecified atom stereocenters. The Hall–Kier alpha value is -1.63. The van der Waals surface area contributed by atoms with Crippen LogP contribution in [0.2, 0.25) is 0 Å². The van der Waals surface area contributed by atoms with Crippen LogP contribution in [0.4, 0.5) is 0 Å². The Balaban J connectivity index is 2.61. The Morgan fingerprint density at radius 1 is 1.36 bits per heavy atom. The molecule has 2 N–H and O–H groups in total. The molecule has 1 aliphatic rings. The molecule has 1 aromatic carbocycles. The Morgan fingerprint density at radius 2 is 2.04 bits per heavy atom. The van der Waals surface area contributed by atoms with E-state index in [-0.39, 0.29) is 35.8 Å². The van der Waals surface area contributed by atoms with Crippen molar-refractivity contribution in [3.63, 3.8) is 0 Å². The lowest BCUT2D eigenvalue weighted by Gasteiger charge is -2.37. The molecule has 2 rings (SSSR count). The molecular formula is C20H30N2O5S. The standard InChI is InChI=1S/C20H30N2O5S/c1-14-11-22(15(2)13-23)28(25,26)20-9-8-17(7-6-16(3)24)10-18(20)27-19(14)12-21(4)5/h8-10,14-16,19,23-24H,11-13H2,1-5H3/t14-,15-,16+,19+/m0/s1. The maximum Gasteiger partial charge on any atom is 0.247 e. The van der Waals surface area contributed by atoms with Gasteiger partial charge in [-0.05, 0) is 46.1 Å². The van der Waals surface area contributed by atoms with Crippen LogP contribution in [0.5, 0.6) is 5.75 Å². The SMILES string of the molecule is C[C@@H](O)C#Cc1ccc2c(c1)O[C@H](CN(C)C)[C@@H](C)CN([C@@H](C)CO)S2(=O)=O. The molecule has 0 aromatic heterocycles. The van der Waals surface area contributed by atoms with Crippen LogP contribution in [-0.4, -0.2) is 79.9 Å². The van der Waals surface area contributed by atoms with Gasteiger partial charge in [-0.2, -0.15) is 4.31 Å². The molecule has 7 nitrogen and oxygen atoms in total. The first kappa shape index (κ1) is 22.7. The van der Waals surface area contributed by atoms with E-state index >= 15 is 0 Å². The molecule has 28 heavy (non-hydrogen) atoms.